The van der Waals surface area contributed by atoms with Crippen LogP contribution in [0.15, 0.2) is 43.5 Å². The summed E-state index contributed by atoms with van der Waals surface area (Å²) in [5, 5.41) is 9.06. The van der Waals surface area contributed by atoms with E-state index in [1.807, 2.05) is 24.3 Å². The van der Waals surface area contributed by atoms with Crippen molar-refractivity contribution in [3.8, 4) is 0 Å². The SMILES string of the molecule is C=CCC(Cc1ccccc1C=C)C(=O)O. The molecule has 0 aromatic heterocycles. The summed E-state index contributed by atoms with van der Waals surface area (Å²) < 4.78 is 0. The molecule has 0 bridgehead atoms. The minimum absolute atomic E-state index is 0.404. The van der Waals surface area contributed by atoms with Gasteiger partial charge in [-0.05, 0) is 24.0 Å². The van der Waals surface area contributed by atoms with Gasteiger partial charge in [0.1, 0.15) is 0 Å². The quantitative estimate of drug-likeness (QED) is 0.742. The molecule has 1 atom stereocenters. The second-order valence-corrected chi connectivity index (χ2v) is 3.67. The normalized spacial score (nSPS) is 11.8. The highest BCUT2D eigenvalue weighted by molar-refractivity contribution is 5.71. The van der Waals surface area contributed by atoms with Crippen LogP contribution in [0.4, 0.5) is 0 Å². The molecule has 2 nitrogen and oxygen atoms in total. The van der Waals surface area contributed by atoms with E-state index in [4.69, 9.17) is 5.11 Å². The second-order valence-electron chi connectivity index (χ2n) is 3.67. The van der Waals surface area contributed by atoms with Crippen LogP contribution in [0.25, 0.3) is 6.08 Å². The maximum absolute atomic E-state index is 11.0. The van der Waals surface area contributed by atoms with Gasteiger partial charge in [-0.3, -0.25) is 4.79 Å². The second kappa shape index (κ2) is 5.91. The van der Waals surface area contributed by atoms with Gasteiger partial charge in [-0.1, -0.05) is 43.0 Å². The van der Waals surface area contributed by atoms with Crippen molar-refractivity contribution in [2.45, 2.75) is 12.8 Å². The van der Waals surface area contributed by atoms with Crippen LogP contribution in [0, 0.1) is 5.92 Å². The number of rotatable bonds is 6. The first kappa shape index (κ1) is 12.2. The van der Waals surface area contributed by atoms with Crippen molar-refractivity contribution >= 4 is 12.0 Å². The molecule has 1 aromatic rings. The molecule has 0 heterocycles. The number of carboxylic acid groups (broad SMARTS) is 1. The first-order valence-electron chi connectivity index (χ1n) is 5.23. The minimum Gasteiger partial charge on any atom is -0.481 e. The van der Waals surface area contributed by atoms with Crippen LogP contribution in [0.3, 0.4) is 0 Å². The summed E-state index contributed by atoms with van der Waals surface area (Å²) in [6, 6.07) is 7.71. The van der Waals surface area contributed by atoms with Crippen molar-refractivity contribution in [2.24, 2.45) is 5.92 Å². The topological polar surface area (TPSA) is 37.3 Å². The Balaban J connectivity index is 2.88. The summed E-state index contributed by atoms with van der Waals surface area (Å²) in [5.74, 6) is -1.18. The van der Waals surface area contributed by atoms with Gasteiger partial charge in [0.2, 0.25) is 0 Å². The predicted molar refractivity (Wildman–Crippen MR) is 66.2 cm³/mol. The molecule has 0 aliphatic rings. The zero-order valence-electron chi connectivity index (χ0n) is 9.23. The third-order valence-corrected chi connectivity index (χ3v) is 2.54. The number of hydrogen-bond donors (Lipinski definition) is 1. The van der Waals surface area contributed by atoms with E-state index in [2.05, 4.69) is 13.2 Å². The molecule has 0 saturated carbocycles. The number of allylic oxidation sites excluding steroid dienone is 1. The minimum atomic E-state index is -0.779. The van der Waals surface area contributed by atoms with Crippen molar-refractivity contribution in [3.05, 3.63) is 54.6 Å². The molecule has 84 valence electrons. The molecule has 0 aliphatic heterocycles. The molecule has 0 aliphatic carbocycles. The lowest BCUT2D eigenvalue weighted by Crippen LogP contribution is -2.16. The van der Waals surface area contributed by atoms with Crippen molar-refractivity contribution < 1.29 is 9.90 Å². The Morgan fingerprint density at radius 3 is 2.62 bits per heavy atom. The first-order valence-corrected chi connectivity index (χ1v) is 5.23. The van der Waals surface area contributed by atoms with Gasteiger partial charge in [0.05, 0.1) is 5.92 Å². The molecule has 0 saturated heterocycles. The summed E-state index contributed by atoms with van der Waals surface area (Å²) in [7, 11) is 0. The van der Waals surface area contributed by atoms with Crippen molar-refractivity contribution in [1.82, 2.24) is 0 Å². The summed E-state index contributed by atoms with van der Waals surface area (Å²) in [5.41, 5.74) is 2.02. The van der Waals surface area contributed by atoms with Gasteiger partial charge in [-0.25, -0.2) is 0 Å². The van der Waals surface area contributed by atoms with Crippen LogP contribution in [-0.4, -0.2) is 11.1 Å². The van der Waals surface area contributed by atoms with Crippen LogP contribution in [0.1, 0.15) is 17.5 Å². The van der Waals surface area contributed by atoms with Gasteiger partial charge >= 0.3 is 5.97 Å². The molecular weight excluding hydrogens is 200 g/mol. The van der Waals surface area contributed by atoms with Gasteiger partial charge in [0.25, 0.3) is 0 Å². The third kappa shape index (κ3) is 3.09. The Morgan fingerprint density at radius 2 is 2.06 bits per heavy atom. The average Bonchev–Trinajstić information content (AvgIpc) is 2.29. The zero-order chi connectivity index (χ0) is 12.0. The van der Waals surface area contributed by atoms with Crippen molar-refractivity contribution in [2.75, 3.05) is 0 Å². The Bertz CT molecular complexity index is 393. The van der Waals surface area contributed by atoms with Gasteiger partial charge < -0.3 is 5.11 Å². The molecule has 1 unspecified atom stereocenters. The standard InChI is InChI=1S/C14H16O2/c1-3-7-13(14(15)16)10-12-9-6-5-8-11(12)4-2/h3-6,8-9,13H,1-2,7,10H2,(H,15,16). The fraction of sp³-hybridized carbons (Fsp3) is 0.214. The largest absolute Gasteiger partial charge is 0.481 e. The molecular formula is C14H16O2. The lowest BCUT2D eigenvalue weighted by Gasteiger charge is -2.12. The summed E-state index contributed by atoms with van der Waals surface area (Å²) in [6.07, 6.45) is 4.40. The van der Waals surface area contributed by atoms with E-state index in [-0.39, 0.29) is 0 Å². The maximum Gasteiger partial charge on any atom is 0.307 e. The Labute approximate surface area is 95.9 Å². The Kier molecular flexibility index (Phi) is 4.52. The van der Waals surface area contributed by atoms with E-state index in [1.54, 1.807) is 12.2 Å². The van der Waals surface area contributed by atoms with Crippen LogP contribution < -0.4 is 0 Å². The smallest absolute Gasteiger partial charge is 0.307 e. The fourth-order valence-corrected chi connectivity index (χ4v) is 1.66. The summed E-state index contributed by atoms with van der Waals surface area (Å²) in [6.45, 7) is 7.31. The van der Waals surface area contributed by atoms with Crippen molar-refractivity contribution in [1.29, 1.82) is 0 Å². The van der Waals surface area contributed by atoms with Crippen molar-refractivity contribution in [3.63, 3.8) is 0 Å². The number of carbonyl (C=O) groups is 1. The Morgan fingerprint density at radius 1 is 1.38 bits per heavy atom. The molecule has 0 radical (unpaired) electrons. The monoisotopic (exact) mass is 216 g/mol. The number of aliphatic carboxylic acids is 1. The summed E-state index contributed by atoms with van der Waals surface area (Å²) >= 11 is 0. The van der Waals surface area contributed by atoms with Gasteiger partial charge in [0, 0.05) is 0 Å². The molecule has 0 fully saturated rings. The highest BCUT2D eigenvalue weighted by atomic mass is 16.4. The molecule has 0 spiro atoms. The van der Waals surface area contributed by atoms with Crippen LogP contribution in [0.5, 0.6) is 0 Å². The van der Waals surface area contributed by atoms with E-state index in [0.29, 0.717) is 12.8 Å². The van der Waals surface area contributed by atoms with E-state index in [9.17, 15) is 4.79 Å². The lowest BCUT2D eigenvalue weighted by atomic mass is 9.93. The maximum atomic E-state index is 11.0. The zero-order valence-corrected chi connectivity index (χ0v) is 9.23. The highest BCUT2D eigenvalue weighted by Gasteiger charge is 2.17. The molecule has 16 heavy (non-hydrogen) atoms. The molecule has 2 heteroatoms. The predicted octanol–water partition coefficient (Wildman–Crippen LogP) is 3.15. The lowest BCUT2D eigenvalue weighted by molar-refractivity contribution is -0.141. The van der Waals surface area contributed by atoms with Crippen LogP contribution in [-0.2, 0) is 11.2 Å². The van der Waals surface area contributed by atoms with Crippen LogP contribution in [0.2, 0.25) is 0 Å². The third-order valence-electron chi connectivity index (χ3n) is 2.54. The average molecular weight is 216 g/mol. The van der Waals surface area contributed by atoms with E-state index in [0.717, 1.165) is 11.1 Å². The molecule has 1 rings (SSSR count). The molecule has 1 aromatic carbocycles. The van der Waals surface area contributed by atoms with Gasteiger partial charge in [0.15, 0.2) is 0 Å². The highest BCUT2D eigenvalue weighted by Crippen LogP contribution is 2.17. The molecule has 1 N–H and O–H groups in total. The number of benzene rings is 1. The van der Waals surface area contributed by atoms with Gasteiger partial charge in [-0.2, -0.15) is 0 Å². The number of hydrogen-bond acceptors (Lipinski definition) is 1. The van der Waals surface area contributed by atoms with E-state index >= 15 is 0 Å². The fourth-order valence-electron chi connectivity index (χ4n) is 1.66. The van der Waals surface area contributed by atoms with Crippen LogP contribution >= 0.6 is 0 Å². The molecule has 0 amide bonds. The summed E-state index contributed by atoms with van der Waals surface area (Å²) in [4.78, 5) is 11.0. The van der Waals surface area contributed by atoms with E-state index in [1.165, 1.54) is 0 Å². The Hall–Kier alpha value is -1.83. The van der Waals surface area contributed by atoms with Gasteiger partial charge in [-0.15, -0.1) is 6.58 Å². The number of carboxylic acids is 1. The van der Waals surface area contributed by atoms with E-state index < -0.39 is 11.9 Å². The first-order chi connectivity index (χ1) is 7.69.